The Kier molecular flexibility index (Phi) is 4.67. The van der Waals surface area contributed by atoms with Gasteiger partial charge in [-0.2, -0.15) is 5.10 Å². The Morgan fingerprint density at radius 1 is 1.00 bits per heavy atom. The van der Waals surface area contributed by atoms with Crippen LogP contribution < -0.4 is 11.2 Å². The molecule has 4 aromatic rings. The van der Waals surface area contributed by atoms with Gasteiger partial charge in [-0.1, -0.05) is 18.2 Å². The molecule has 0 bridgehead atoms. The van der Waals surface area contributed by atoms with Crippen LogP contribution in [0.4, 0.5) is 8.78 Å². The van der Waals surface area contributed by atoms with Crippen LogP contribution in [0.3, 0.4) is 0 Å². The first kappa shape index (κ1) is 18.5. The third kappa shape index (κ3) is 3.64. The number of halogens is 2. The fraction of sp³-hybridized carbons (Fsp3) is 0.0952. The highest BCUT2D eigenvalue weighted by molar-refractivity contribution is 5.62. The van der Waals surface area contributed by atoms with Crippen LogP contribution in [-0.4, -0.2) is 19.7 Å². The average Bonchev–Trinajstić information content (AvgIpc) is 3.22. The first-order chi connectivity index (χ1) is 13.9. The van der Waals surface area contributed by atoms with E-state index in [1.54, 1.807) is 13.1 Å². The van der Waals surface area contributed by atoms with E-state index >= 15 is 0 Å². The van der Waals surface area contributed by atoms with Crippen LogP contribution in [0.25, 0.3) is 22.4 Å². The fourth-order valence-electron chi connectivity index (χ4n) is 3.23. The molecule has 0 aliphatic carbocycles. The van der Waals surface area contributed by atoms with Crippen molar-refractivity contribution < 1.29 is 8.78 Å². The van der Waals surface area contributed by atoms with Crippen molar-refractivity contribution in [3.63, 3.8) is 0 Å². The van der Waals surface area contributed by atoms with Crippen molar-refractivity contribution in [3.05, 3.63) is 99.0 Å². The number of nitrogens with zero attached hydrogens (tertiary/aromatic N) is 2. The zero-order valence-corrected chi connectivity index (χ0v) is 15.3. The lowest BCUT2D eigenvalue weighted by atomic mass is 10.0. The lowest BCUT2D eigenvalue weighted by Crippen LogP contribution is -2.32. The van der Waals surface area contributed by atoms with Crippen LogP contribution in [0.5, 0.6) is 0 Å². The van der Waals surface area contributed by atoms with Gasteiger partial charge in [0, 0.05) is 18.5 Å². The van der Waals surface area contributed by atoms with E-state index in [2.05, 4.69) is 15.2 Å². The first-order valence-corrected chi connectivity index (χ1v) is 8.84. The maximum absolute atomic E-state index is 13.6. The molecular formula is C21H16F2N4O2. The number of hydrogen-bond donors (Lipinski definition) is 2. The number of hydrogen-bond acceptors (Lipinski definition) is 3. The summed E-state index contributed by atoms with van der Waals surface area (Å²) in [6.07, 6.45) is 2.96. The van der Waals surface area contributed by atoms with Crippen LogP contribution in [0, 0.1) is 11.6 Å². The summed E-state index contributed by atoms with van der Waals surface area (Å²) in [7, 11) is 0. The van der Waals surface area contributed by atoms with Crippen LogP contribution in [-0.2, 0) is 0 Å². The fourth-order valence-corrected chi connectivity index (χ4v) is 3.23. The zero-order valence-electron chi connectivity index (χ0n) is 15.3. The zero-order chi connectivity index (χ0) is 20.5. The maximum Gasteiger partial charge on any atom is 0.328 e. The Morgan fingerprint density at radius 2 is 1.76 bits per heavy atom. The molecule has 8 heteroatoms. The van der Waals surface area contributed by atoms with Gasteiger partial charge in [0.2, 0.25) is 0 Å². The van der Waals surface area contributed by atoms with E-state index in [-0.39, 0.29) is 11.1 Å². The van der Waals surface area contributed by atoms with Gasteiger partial charge < -0.3 is 0 Å². The van der Waals surface area contributed by atoms with Gasteiger partial charge >= 0.3 is 5.69 Å². The van der Waals surface area contributed by atoms with Crippen LogP contribution in [0.2, 0.25) is 0 Å². The maximum atomic E-state index is 13.6. The Morgan fingerprint density at radius 3 is 2.45 bits per heavy atom. The Hall–Kier alpha value is -3.81. The SMILES string of the molecule is CC(c1cccc(-c2ccn[nH]2)c1)n1cc(-c2cc(F)cc(F)c2)c(=O)[nH]c1=O. The van der Waals surface area contributed by atoms with Crippen LogP contribution in [0.15, 0.2) is 70.5 Å². The van der Waals surface area contributed by atoms with E-state index in [9.17, 15) is 18.4 Å². The molecule has 1 unspecified atom stereocenters. The minimum atomic E-state index is -0.808. The van der Waals surface area contributed by atoms with Gasteiger partial charge in [-0.05, 0) is 47.9 Å². The number of aromatic nitrogens is 4. The molecule has 0 saturated heterocycles. The van der Waals surface area contributed by atoms with Gasteiger partial charge in [-0.25, -0.2) is 13.6 Å². The van der Waals surface area contributed by atoms with Crippen molar-refractivity contribution in [3.8, 4) is 22.4 Å². The Bertz CT molecular complexity index is 1270. The molecule has 2 heterocycles. The summed E-state index contributed by atoms with van der Waals surface area (Å²) in [6.45, 7) is 1.79. The van der Waals surface area contributed by atoms with Crippen molar-refractivity contribution in [2.45, 2.75) is 13.0 Å². The Balaban J connectivity index is 1.80. The molecule has 2 aromatic heterocycles. The van der Waals surface area contributed by atoms with E-state index in [1.165, 1.54) is 10.8 Å². The second kappa shape index (κ2) is 7.31. The highest BCUT2D eigenvalue weighted by atomic mass is 19.1. The van der Waals surface area contributed by atoms with Gasteiger partial charge in [0.1, 0.15) is 11.6 Å². The predicted octanol–water partition coefficient (Wildman–Crippen LogP) is 3.48. The molecule has 0 aliphatic rings. The van der Waals surface area contributed by atoms with E-state index in [4.69, 9.17) is 0 Å². The normalized spacial score (nSPS) is 12.1. The quantitative estimate of drug-likeness (QED) is 0.556. The Labute approximate surface area is 163 Å². The number of aromatic amines is 2. The number of H-pyrrole nitrogens is 2. The third-order valence-corrected chi connectivity index (χ3v) is 4.74. The van der Waals surface area contributed by atoms with Gasteiger partial charge in [-0.3, -0.25) is 19.4 Å². The van der Waals surface area contributed by atoms with Crippen molar-refractivity contribution in [1.29, 1.82) is 0 Å². The minimum Gasteiger partial charge on any atom is -0.293 e. The van der Waals surface area contributed by atoms with Crippen LogP contribution in [0.1, 0.15) is 18.5 Å². The summed E-state index contributed by atoms with van der Waals surface area (Å²) in [5.41, 5.74) is 1.24. The predicted molar refractivity (Wildman–Crippen MR) is 105 cm³/mol. The molecule has 6 nitrogen and oxygen atoms in total. The first-order valence-electron chi connectivity index (χ1n) is 8.84. The van der Waals surface area contributed by atoms with Crippen molar-refractivity contribution in [2.24, 2.45) is 0 Å². The highest BCUT2D eigenvalue weighted by Crippen LogP contribution is 2.24. The summed E-state index contributed by atoms with van der Waals surface area (Å²) >= 11 is 0. The average molecular weight is 394 g/mol. The number of rotatable bonds is 4. The lowest BCUT2D eigenvalue weighted by Gasteiger charge is -2.17. The van der Waals surface area contributed by atoms with Crippen molar-refractivity contribution in [2.75, 3.05) is 0 Å². The second-order valence-corrected chi connectivity index (χ2v) is 6.64. The van der Waals surface area contributed by atoms with E-state index in [0.717, 1.165) is 35.0 Å². The minimum absolute atomic E-state index is 0.000396. The standard InChI is InChI=1S/C21H16F2N4O2/c1-12(13-3-2-4-14(7-13)19-5-6-24-26-19)27-11-18(20(28)25-21(27)29)15-8-16(22)10-17(23)9-15/h2-12H,1H3,(H,24,26)(H,25,28,29). The smallest absolute Gasteiger partial charge is 0.293 e. The van der Waals surface area contributed by atoms with Crippen LogP contribution >= 0.6 is 0 Å². The summed E-state index contributed by atoms with van der Waals surface area (Å²) in [4.78, 5) is 26.9. The van der Waals surface area contributed by atoms with Gasteiger partial charge in [-0.15, -0.1) is 0 Å². The number of nitrogens with one attached hydrogen (secondary N) is 2. The molecule has 4 rings (SSSR count). The molecule has 2 N–H and O–H groups in total. The summed E-state index contributed by atoms with van der Waals surface area (Å²) in [5, 5.41) is 6.82. The lowest BCUT2D eigenvalue weighted by molar-refractivity contribution is 0.583. The largest absolute Gasteiger partial charge is 0.328 e. The summed E-state index contributed by atoms with van der Waals surface area (Å²) < 4.78 is 28.5. The molecule has 0 radical (unpaired) electrons. The van der Waals surface area contributed by atoms with E-state index in [0.29, 0.717) is 0 Å². The second-order valence-electron chi connectivity index (χ2n) is 6.64. The molecule has 0 aliphatic heterocycles. The van der Waals surface area contributed by atoms with Gasteiger partial charge in [0.25, 0.3) is 5.56 Å². The number of benzene rings is 2. The van der Waals surface area contributed by atoms with Gasteiger partial charge in [0.15, 0.2) is 0 Å². The molecule has 1 atom stereocenters. The molecule has 0 spiro atoms. The molecule has 0 amide bonds. The summed E-state index contributed by atoms with van der Waals surface area (Å²) in [5.74, 6) is -1.62. The molecule has 29 heavy (non-hydrogen) atoms. The van der Waals surface area contributed by atoms with Crippen molar-refractivity contribution >= 4 is 0 Å². The molecule has 146 valence electrons. The van der Waals surface area contributed by atoms with Gasteiger partial charge in [0.05, 0.1) is 17.3 Å². The van der Waals surface area contributed by atoms with Crippen molar-refractivity contribution in [1.82, 2.24) is 19.7 Å². The third-order valence-electron chi connectivity index (χ3n) is 4.74. The molecule has 0 fully saturated rings. The monoisotopic (exact) mass is 394 g/mol. The highest BCUT2D eigenvalue weighted by Gasteiger charge is 2.15. The van der Waals surface area contributed by atoms with E-state index in [1.807, 2.05) is 30.3 Å². The van der Waals surface area contributed by atoms with E-state index < -0.39 is 28.9 Å². The topological polar surface area (TPSA) is 83.5 Å². The molecule has 2 aromatic carbocycles. The molecule has 0 saturated carbocycles. The summed E-state index contributed by atoms with van der Waals surface area (Å²) in [6, 6.07) is 11.7. The molecular weight excluding hydrogens is 378 g/mol.